The molecule has 4 aliphatic rings. The van der Waals surface area contributed by atoms with Gasteiger partial charge in [-0.05, 0) is 75.7 Å². The summed E-state index contributed by atoms with van der Waals surface area (Å²) < 4.78 is 86.3. The highest BCUT2D eigenvalue weighted by Gasteiger charge is 2.64. The number of alkyl carbamates (subject to hydrolysis) is 1. The van der Waals surface area contributed by atoms with Crippen LogP contribution in [0.25, 0.3) is 10.8 Å². The molecule has 6 rings (SSSR count). The van der Waals surface area contributed by atoms with Crippen molar-refractivity contribution in [1.82, 2.24) is 25.2 Å². The van der Waals surface area contributed by atoms with E-state index < -0.39 is 92.3 Å². The van der Waals surface area contributed by atoms with Gasteiger partial charge in [-0.1, -0.05) is 44.2 Å². The first-order valence-electron chi connectivity index (χ1n) is 19.6. The first kappa shape index (κ1) is 43.0. The van der Waals surface area contributed by atoms with Gasteiger partial charge in [0, 0.05) is 30.7 Å². The van der Waals surface area contributed by atoms with Crippen molar-refractivity contribution in [1.29, 1.82) is 0 Å². The van der Waals surface area contributed by atoms with E-state index in [1.165, 1.54) is 12.0 Å². The normalized spacial score (nSPS) is 29.4. The molecule has 1 saturated heterocycles. The highest BCUT2D eigenvalue weighted by Crippen LogP contribution is 2.48. The van der Waals surface area contributed by atoms with E-state index >= 15 is 0 Å². The molecule has 4 amide bonds. The van der Waals surface area contributed by atoms with Crippen LogP contribution >= 0.6 is 0 Å². The van der Waals surface area contributed by atoms with Crippen molar-refractivity contribution < 1.29 is 55.0 Å². The number of methoxy groups -OCH3 is 1. The van der Waals surface area contributed by atoms with Crippen LogP contribution in [0.3, 0.4) is 0 Å². The average molecular weight is 836 g/mol. The highest BCUT2D eigenvalue weighted by molar-refractivity contribution is 7.91. The number of allylic oxidation sites excluding steroid dienone is 1. The summed E-state index contributed by atoms with van der Waals surface area (Å²) in [6.45, 7) is 5.03. The molecular formula is C40H52F3N5O9S. The number of alkyl halides is 3. The van der Waals surface area contributed by atoms with Crippen molar-refractivity contribution in [2.24, 2.45) is 17.8 Å². The van der Waals surface area contributed by atoms with Crippen LogP contribution in [0, 0.1) is 17.8 Å². The molecule has 7 atom stereocenters. The van der Waals surface area contributed by atoms with Crippen LogP contribution in [0.5, 0.6) is 11.8 Å². The number of hydrogen-bond acceptors (Lipinski definition) is 10. The lowest BCUT2D eigenvalue weighted by Crippen LogP contribution is -2.60. The van der Waals surface area contributed by atoms with Crippen LogP contribution in [0.15, 0.2) is 42.5 Å². The van der Waals surface area contributed by atoms with Crippen molar-refractivity contribution >= 4 is 44.6 Å². The predicted molar refractivity (Wildman–Crippen MR) is 206 cm³/mol. The van der Waals surface area contributed by atoms with Gasteiger partial charge in [0.1, 0.15) is 35.1 Å². The molecule has 58 heavy (non-hydrogen) atoms. The van der Waals surface area contributed by atoms with Gasteiger partial charge in [-0.15, -0.1) is 0 Å². The maximum absolute atomic E-state index is 14.8. The van der Waals surface area contributed by atoms with E-state index in [2.05, 4.69) is 15.6 Å². The predicted octanol–water partition coefficient (Wildman–Crippen LogP) is 4.96. The lowest BCUT2D eigenvalue weighted by atomic mass is 9.88. The highest BCUT2D eigenvalue weighted by atomic mass is 32.2. The molecule has 1 aromatic heterocycles. The fourth-order valence-corrected chi connectivity index (χ4v) is 9.15. The van der Waals surface area contributed by atoms with E-state index in [1.54, 1.807) is 31.2 Å². The first-order chi connectivity index (χ1) is 27.2. The Kier molecular flexibility index (Phi) is 11.8. The standard InChI is InChI=1S/C40H52F3N5O9S/c1-23-11-7-9-13-26-20-40(26,35(51)47-58(53,54)39(22-41)15-16-39)46-32(49)29-19-27(56-33-28-14-10-8-12-25(28)18-30(44-33)55-6)21-48(29)34(50)31(24(2)17-23)45-36(52)57-37(3,4)38(5,42)43/h8-10,12-14,18,23-24,26-27,29,31H,7,11,15-17,19-22H2,1-6H3,(H,45,52)(H,46,49)(H,47,51)/b13-9-/t23-,24-,26-,27-,29+,31+,40-/m1/s1. The fraction of sp³-hybridized carbons (Fsp3) is 0.625. The van der Waals surface area contributed by atoms with Crippen LogP contribution in [-0.4, -0.2) is 102 Å². The zero-order valence-corrected chi connectivity index (χ0v) is 34.3. The van der Waals surface area contributed by atoms with Crippen LogP contribution in [-0.2, 0) is 29.1 Å². The molecule has 0 unspecified atom stereocenters. The van der Waals surface area contributed by atoms with Gasteiger partial charge in [0.2, 0.25) is 33.6 Å². The summed E-state index contributed by atoms with van der Waals surface area (Å²) in [7, 11) is -3.00. The summed E-state index contributed by atoms with van der Waals surface area (Å²) in [4.78, 5) is 62.2. The maximum atomic E-state index is 14.8. The SMILES string of the molecule is COc1cc2ccccc2c(O[C@@H]2C[C@H]3C(=O)N[C@]4(C(=O)NS(=O)(=O)C5(CF)CC5)C[C@H]4/C=C\CC[C@@H](C)C[C@@H](C)[C@H](NC(=O)OC(C)(C)C(C)(F)F)C(=O)N3C2)n1. The van der Waals surface area contributed by atoms with Crippen LogP contribution < -0.4 is 24.8 Å². The molecule has 2 aliphatic carbocycles. The lowest BCUT2D eigenvalue weighted by Gasteiger charge is -2.35. The van der Waals surface area contributed by atoms with E-state index in [1.807, 2.05) is 29.9 Å². The third-order valence-electron chi connectivity index (χ3n) is 12.1. The molecule has 1 aromatic carbocycles. The van der Waals surface area contributed by atoms with Crippen LogP contribution in [0.4, 0.5) is 18.0 Å². The van der Waals surface area contributed by atoms with Gasteiger partial charge in [-0.25, -0.2) is 26.4 Å². The van der Waals surface area contributed by atoms with E-state index in [0.717, 1.165) is 19.2 Å². The zero-order valence-electron chi connectivity index (χ0n) is 33.5. The number of nitrogens with one attached hydrogen (secondary N) is 3. The number of halogens is 3. The summed E-state index contributed by atoms with van der Waals surface area (Å²) in [5.41, 5.74) is -3.97. The topological polar surface area (TPSA) is 182 Å². The summed E-state index contributed by atoms with van der Waals surface area (Å²) in [5, 5.41) is 6.64. The third kappa shape index (κ3) is 8.57. The molecule has 3 N–H and O–H groups in total. The minimum absolute atomic E-state index is 0.0141. The average Bonchev–Trinajstić information content (AvgIpc) is 4.06. The quantitative estimate of drug-likeness (QED) is 0.277. The Morgan fingerprint density at radius 2 is 1.81 bits per heavy atom. The van der Waals surface area contributed by atoms with Crippen molar-refractivity contribution in [2.75, 3.05) is 20.3 Å². The van der Waals surface area contributed by atoms with E-state index in [4.69, 9.17) is 14.2 Å². The number of benzene rings is 1. The van der Waals surface area contributed by atoms with Gasteiger partial charge in [0.05, 0.1) is 13.7 Å². The number of ether oxygens (including phenoxy) is 3. The number of hydrogen-bond donors (Lipinski definition) is 3. The first-order valence-corrected chi connectivity index (χ1v) is 21.0. The number of nitrogens with zero attached hydrogens (tertiary/aromatic N) is 2. The van der Waals surface area contributed by atoms with Crippen LogP contribution in [0.2, 0.25) is 0 Å². The molecule has 318 valence electrons. The lowest BCUT2D eigenvalue weighted by molar-refractivity contribution is -0.152. The number of amides is 4. The number of aromatic nitrogens is 1. The number of pyridine rings is 1. The molecule has 0 spiro atoms. The number of rotatable bonds is 10. The molecule has 2 aliphatic heterocycles. The molecule has 0 bridgehead atoms. The van der Waals surface area contributed by atoms with Gasteiger partial charge in [0.15, 0.2) is 5.60 Å². The Morgan fingerprint density at radius 3 is 2.47 bits per heavy atom. The monoisotopic (exact) mass is 835 g/mol. The van der Waals surface area contributed by atoms with Gasteiger partial charge >= 0.3 is 6.09 Å². The van der Waals surface area contributed by atoms with Crippen molar-refractivity contribution in [3.05, 3.63) is 42.5 Å². The Balaban J connectivity index is 1.36. The fourth-order valence-electron chi connectivity index (χ4n) is 7.72. The summed E-state index contributed by atoms with van der Waals surface area (Å²) in [6.07, 6.45) is 3.03. The second kappa shape index (κ2) is 15.9. The zero-order chi connectivity index (χ0) is 42.4. The van der Waals surface area contributed by atoms with Crippen LogP contribution in [0.1, 0.15) is 79.6 Å². The molecule has 18 heteroatoms. The summed E-state index contributed by atoms with van der Waals surface area (Å²) >= 11 is 0. The van der Waals surface area contributed by atoms with Crippen molar-refractivity contribution in [3.63, 3.8) is 0 Å². The second-order valence-corrected chi connectivity index (χ2v) is 19.0. The molecular weight excluding hydrogens is 784 g/mol. The Labute approximate surface area is 336 Å². The number of carbonyl (C=O) groups excluding carboxylic acids is 4. The minimum atomic E-state index is -4.44. The Bertz CT molecular complexity index is 2070. The maximum Gasteiger partial charge on any atom is 0.408 e. The largest absolute Gasteiger partial charge is 0.481 e. The summed E-state index contributed by atoms with van der Waals surface area (Å²) in [6, 6.07) is 6.26. The van der Waals surface area contributed by atoms with Gasteiger partial charge < -0.3 is 29.7 Å². The molecule has 3 heterocycles. The van der Waals surface area contributed by atoms with Crippen molar-refractivity contribution in [3.8, 4) is 11.8 Å². The van der Waals surface area contributed by atoms with Crippen molar-refractivity contribution in [2.45, 2.75) is 120 Å². The molecule has 2 saturated carbocycles. The number of fused-ring (bicyclic) bond motifs is 3. The summed E-state index contributed by atoms with van der Waals surface area (Å²) in [5.74, 6) is -6.78. The smallest absolute Gasteiger partial charge is 0.408 e. The molecule has 0 radical (unpaired) electrons. The molecule has 2 aromatic rings. The van der Waals surface area contributed by atoms with Gasteiger partial charge in [-0.2, -0.15) is 4.98 Å². The Hall–Kier alpha value is -4.61. The van der Waals surface area contributed by atoms with Gasteiger partial charge in [-0.3, -0.25) is 19.1 Å². The minimum Gasteiger partial charge on any atom is -0.481 e. The van der Waals surface area contributed by atoms with E-state index in [-0.39, 0.29) is 49.9 Å². The molecule has 3 fully saturated rings. The second-order valence-electron chi connectivity index (χ2n) is 16.9. The number of carbonyl (C=O) groups is 4. The Morgan fingerprint density at radius 1 is 1.10 bits per heavy atom. The van der Waals surface area contributed by atoms with E-state index in [9.17, 15) is 40.8 Å². The van der Waals surface area contributed by atoms with Gasteiger partial charge in [0.25, 0.3) is 11.8 Å². The third-order valence-corrected chi connectivity index (χ3v) is 14.2. The molecule has 14 nitrogen and oxygen atoms in total. The number of sulfonamides is 1. The van der Waals surface area contributed by atoms with E-state index in [0.29, 0.717) is 31.6 Å².